The van der Waals surface area contributed by atoms with Crippen LogP contribution in [0.25, 0.3) is 10.9 Å². The van der Waals surface area contributed by atoms with E-state index in [-0.39, 0.29) is 5.91 Å². The fourth-order valence-corrected chi connectivity index (χ4v) is 5.55. The molecule has 186 valence electrons. The van der Waals surface area contributed by atoms with E-state index in [1.165, 1.54) is 37.9 Å². The molecule has 1 fully saturated rings. The normalized spacial score (nSPS) is 14.8. The Morgan fingerprint density at radius 1 is 0.889 bits per heavy atom. The number of amides is 1. The average molecular weight is 500 g/mol. The van der Waals surface area contributed by atoms with Crippen LogP contribution < -0.4 is 5.32 Å². The molecule has 1 N–H and O–H groups in total. The first-order valence-electron chi connectivity index (χ1n) is 13.0. The number of aryl methyl sites for hydroxylation is 1. The summed E-state index contributed by atoms with van der Waals surface area (Å²) in [6, 6.07) is 26.7. The number of para-hydroxylation sites is 1. The Hall–Kier alpha value is -3.08. The number of carbonyl (C=O) groups excluding carboxylic acids is 1. The Morgan fingerprint density at radius 2 is 1.61 bits per heavy atom. The van der Waals surface area contributed by atoms with Gasteiger partial charge in [0.15, 0.2) is 0 Å². The average Bonchev–Trinajstić information content (AvgIpc) is 3.28. The molecule has 1 aromatic heterocycles. The largest absolute Gasteiger partial charge is 0.348 e. The molecule has 0 unspecified atom stereocenters. The van der Waals surface area contributed by atoms with Crippen LogP contribution in [0.4, 0.5) is 0 Å². The van der Waals surface area contributed by atoms with E-state index in [9.17, 15) is 4.79 Å². The molecule has 4 aromatic rings. The minimum absolute atomic E-state index is 0.0645. The number of likely N-dealkylation sites (tertiary alicyclic amines) is 1. The number of benzene rings is 3. The summed E-state index contributed by atoms with van der Waals surface area (Å²) < 4.78 is 2.24. The first-order chi connectivity index (χ1) is 17.7. The molecular formula is C31H34ClN3O. The highest BCUT2D eigenvalue weighted by Crippen LogP contribution is 2.24. The molecular weight excluding hydrogens is 466 g/mol. The van der Waals surface area contributed by atoms with Crippen LogP contribution in [0, 0.1) is 5.92 Å². The van der Waals surface area contributed by atoms with Crippen LogP contribution in [-0.2, 0) is 19.5 Å². The van der Waals surface area contributed by atoms with Crippen molar-refractivity contribution in [2.24, 2.45) is 5.92 Å². The van der Waals surface area contributed by atoms with Gasteiger partial charge in [-0.2, -0.15) is 0 Å². The van der Waals surface area contributed by atoms with Gasteiger partial charge in [-0.05, 0) is 74.5 Å². The number of hydrogen-bond donors (Lipinski definition) is 1. The molecule has 5 rings (SSSR count). The second-order valence-electron chi connectivity index (χ2n) is 9.86. The number of hydrogen-bond acceptors (Lipinski definition) is 2. The highest BCUT2D eigenvalue weighted by Gasteiger charge is 2.20. The van der Waals surface area contributed by atoms with Crippen LogP contribution in [0.15, 0.2) is 85.1 Å². The fraction of sp³-hybridized carbons (Fsp3) is 0.323. The zero-order chi connectivity index (χ0) is 24.7. The van der Waals surface area contributed by atoms with Crippen molar-refractivity contribution in [1.29, 1.82) is 0 Å². The van der Waals surface area contributed by atoms with Crippen molar-refractivity contribution in [1.82, 2.24) is 14.8 Å². The number of rotatable bonds is 9. The monoisotopic (exact) mass is 499 g/mol. The van der Waals surface area contributed by atoms with Gasteiger partial charge in [-0.15, -0.1) is 0 Å². The van der Waals surface area contributed by atoms with E-state index in [1.54, 1.807) is 0 Å². The third-order valence-corrected chi connectivity index (χ3v) is 7.75. The molecule has 4 nitrogen and oxygen atoms in total. The molecule has 0 atom stereocenters. The highest BCUT2D eigenvalue weighted by molar-refractivity contribution is 6.31. The molecule has 0 bridgehead atoms. The van der Waals surface area contributed by atoms with Gasteiger partial charge in [0.25, 0.3) is 5.91 Å². The van der Waals surface area contributed by atoms with Crippen molar-refractivity contribution < 1.29 is 4.79 Å². The molecule has 0 saturated carbocycles. The minimum Gasteiger partial charge on any atom is -0.348 e. The van der Waals surface area contributed by atoms with Crippen molar-refractivity contribution in [3.05, 3.63) is 107 Å². The first kappa shape index (κ1) is 24.6. The summed E-state index contributed by atoms with van der Waals surface area (Å²) in [5.74, 6) is 0.731. The summed E-state index contributed by atoms with van der Waals surface area (Å²) in [5, 5.41) is 4.71. The van der Waals surface area contributed by atoms with Gasteiger partial charge in [-0.25, -0.2) is 0 Å². The molecule has 1 aliphatic heterocycles. The van der Waals surface area contributed by atoms with E-state index in [0.717, 1.165) is 47.5 Å². The topological polar surface area (TPSA) is 37.3 Å². The molecule has 1 saturated heterocycles. The fourth-order valence-electron chi connectivity index (χ4n) is 5.35. The molecule has 3 aromatic carbocycles. The predicted octanol–water partition coefficient (Wildman–Crippen LogP) is 6.57. The Kier molecular flexibility index (Phi) is 8.04. The number of halogens is 1. The zero-order valence-corrected chi connectivity index (χ0v) is 21.5. The lowest BCUT2D eigenvalue weighted by atomic mass is 9.90. The maximum Gasteiger partial charge on any atom is 0.253 e. The lowest BCUT2D eigenvalue weighted by Gasteiger charge is -2.32. The number of nitrogens with one attached hydrogen (secondary N) is 1. The Balaban J connectivity index is 1.15. The lowest BCUT2D eigenvalue weighted by molar-refractivity contribution is 0.0952. The van der Waals surface area contributed by atoms with Crippen LogP contribution >= 0.6 is 11.6 Å². The number of nitrogens with zero attached hydrogens (tertiary/aromatic N) is 2. The molecule has 1 amide bonds. The van der Waals surface area contributed by atoms with Crippen molar-refractivity contribution >= 4 is 28.4 Å². The minimum atomic E-state index is -0.0645. The molecule has 36 heavy (non-hydrogen) atoms. The van der Waals surface area contributed by atoms with E-state index < -0.39 is 0 Å². The summed E-state index contributed by atoms with van der Waals surface area (Å²) in [5.41, 5.74) is 4.22. The Morgan fingerprint density at radius 3 is 2.42 bits per heavy atom. The van der Waals surface area contributed by atoms with Crippen molar-refractivity contribution in [3.8, 4) is 0 Å². The predicted molar refractivity (Wildman–Crippen MR) is 148 cm³/mol. The molecule has 2 heterocycles. The lowest BCUT2D eigenvalue weighted by Crippen LogP contribution is -2.35. The van der Waals surface area contributed by atoms with E-state index in [1.807, 2.05) is 48.7 Å². The SMILES string of the molecule is O=C(NCc1ccccc1Cl)c1cn(CCCN2CCC(Cc3ccccc3)CC2)c2ccccc12. The van der Waals surface area contributed by atoms with Gasteiger partial charge in [-0.3, -0.25) is 4.79 Å². The Labute approximate surface area is 218 Å². The van der Waals surface area contributed by atoms with Gasteiger partial charge in [0.2, 0.25) is 0 Å². The van der Waals surface area contributed by atoms with Gasteiger partial charge >= 0.3 is 0 Å². The van der Waals surface area contributed by atoms with Gasteiger partial charge in [0.1, 0.15) is 0 Å². The van der Waals surface area contributed by atoms with Gasteiger partial charge in [-0.1, -0.05) is 78.3 Å². The smallest absolute Gasteiger partial charge is 0.253 e. The number of fused-ring (bicyclic) bond motifs is 1. The highest BCUT2D eigenvalue weighted by atomic mass is 35.5. The maximum atomic E-state index is 13.1. The van der Waals surface area contributed by atoms with E-state index in [4.69, 9.17) is 11.6 Å². The first-order valence-corrected chi connectivity index (χ1v) is 13.4. The summed E-state index contributed by atoms with van der Waals surface area (Å²) in [6.45, 7) is 4.78. The van der Waals surface area contributed by atoms with Crippen molar-refractivity contribution in [2.75, 3.05) is 19.6 Å². The number of carbonyl (C=O) groups is 1. The standard InChI is InChI=1S/C31H34ClN3O/c32-29-13-6-4-11-26(29)22-33-31(36)28-23-35(30-14-7-5-12-27(28)30)18-8-17-34-19-15-25(16-20-34)21-24-9-2-1-3-10-24/h1-7,9-14,23,25H,8,15-22H2,(H,33,36). The molecule has 1 aliphatic rings. The van der Waals surface area contributed by atoms with E-state index in [2.05, 4.69) is 51.2 Å². The van der Waals surface area contributed by atoms with Gasteiger partial charge < -0.3 is 14.8 Å². The van der Waals surface area contributed by atoms with Crippen LogP contribution in [0.1, 0.15) is 40.7 Å². The molecule has 5 heteroatoms. The van der Waals surface area contributed by atoms with Crippen LogP contribution in [-0.4, -0.2) is 35.0 Å². The zero-order valence-electron chi connectivity index (χ0n) is 20.7. The summed E-state index contributed by atoms with van der Waals surface area (Å²) in [7, 11) is 0. The quantitative estimate of drug-likeness (QED) is 0.283. The molecule has 0 aliphatic carbocycles. The van der Waals surface area contributed by atoms with E-state index in [0.29, 0.717) is 11.6 Å². The summed E-state index contributed by atoms with van der Waals surface area (Å²) in [6.07, 6.45) is 6.83. The van der Waals surface area contributed by atoms with Gasteiger partial charge in [0, 0.05) is 35.2 Å². The molecule has 0 radical (unpaired) electrons. The second-order valence-corrected chi connectivity index (χ2v) is 10.3. The van der Waals surface area contributed by atoms with Crippen LogP contribution in [0.5, 0.6) is 0 Å². The second kappa shape index (κ2) is 11.8. The number of piperidine rings is 1. The maximum absolute atomic E-state index is 13.1. The molecule has 0 spiro atoms. The third kappa shape index (κ3) is 6.00. The third-order valence-electron chi connectivity index (χ3n) is 7.38. The summed E-state index contributed by atoms with van der Waals surface area (Å²) >= 11 is 6.26. The summed E-state index contributed by atoms with van der Waals surface area (Å²) in [4.78, 5) is 15.7. The van der Waals surface area contributed by atoms with Crippen LogP contribution in [0.2, 0.25) is 5.02 Å². The van der Waals surface area contributed by atoms with Crippen molar-refractivity contribution in [3.63, 3.8) is 0 Å². The van der Waals surface area contributed by atoms with E-state index >= 15 is 0 Å². The van der Waals surface area contributed by atoms with Gasteiger partial charge in [0.05, 0.1) is 5.56 Å². The van der Waals surface area contributed by atoms with Crippen LogP contribution in [0.3, 0.4) is 0 Å². The Bertz CT molecular complexity index is 1290. The van der Waals surface area contributed by atoms with Crippen molar-refractivity contribution in [2.45, 2.75) is 38.8 Å². The number of aromatic nitrogens is 1.